The van der Waals surface area contributed by atoms with E-state index in [4.69, 9.17) is 4.74 Å². The molecule has 0 fully saturated rings. The zero-order valence-electron chi connectivity index (χ0n) is 6.23. The molecule has 60 valence electrons. The Kier molecular flexibility index (Phi) is 7.74. The van der Waals surface area contributed by atoms with Crippen LogP contribution in [0.3, 0.4) is 0 Å². The first-order valence-electron chi connectivity index (χ1n) is 3.38. The van der Waals surface area contributed by atoms with E-state index in [1.807, 2.05) is 0 Å². The van der Waals surface area contributed by atoms with Crippen molar-refractivity contribution < 1.29 is 9.53 Å². The molecule has 0 heterocycles. The van der Waals surface area contributed by atoms with E-state index in [2.05, 4.69) is 22.6 Å². The van der Waals surface area contributed by atoms with E-state index >= 15 is 0 Å². The summed E-state index contributed by atoms with van der Waals surface area (Å²) in [7, 11) is 1.68. The number of Topliss-reactive ketones (excluding diaryl/α,β-unsaturated/α-hetero) is 1. The van der Waals surface area contributed by atoms with Gasteiger partial charge >= 0.3 is 0 Å². The van der Waals surface area contributed by atoms with Crippen LogP contribution >= 0.6 is 22.6 Å². The van der Waals surface area contributed by atoms with Gasteiger partial charge in [-0.15, -0.1) is 0 Å². The summed E-state index contributed by atoms with van der Waals surface area (Å²) in [6.45, 7) is 0.772. The normalized spacial score (nSPS) is 9.80. The van der Waals surface area contributed by atoms with Gasteiger partial charge in [0.1, 0.15) is 5.78 Å². The third kappa shape index (κ3) is 6.48. The quantitative estimate of drug-likeness (QED) is 0.411. The number of hydrogen-bond acceptors (Lipinski definition) is 2. The molecule has 0 saturated heterocycles. The Morgan fingerprint density at radius 2 is 2.20 bits per heavy atom. The number of carbonyl (C=O) groups is 1. The first-order chi connectivity index (χ1) is 4.81. The van der Waals surface area contributed by atoms with Gasteiger partial charge in [0.25, 0.3) is 0 Å². The van der Waals surface area contributed by atoms with Crippen molar-refractivity contribution in [1.82, 2.24) is 0 Å². The average molecular weight is 256 g/mol. The number of unbranched alkanes of at least 4 members (excludes halogenated alkanes) is 1. The molecule has 0 unspecified atom stereocenters. The van der Waals surface area contributed by atoms with Crippen LogP contribution in [0.1, 0.15) is 19.3 Å². The highest BCUT2D eigenvalue weighted by Gasteiger charge is 1.97. The van der Waals surface area contributed by atoms with Gasteiger partial charge in [-0.25, -0.2) is 0 Å². The molecule has 0 aromatic rings. The summed E-state index contributed by atoms with van der Waals surface area (Å²) in [5.74, 6) is 0.344. The molecular formula is C7H13IO2. The lowest BCUT2D eigenvalue weighted by molar-refractivity contribution is -0.116. The van der Waals surface area contributed by atoms with Gasteiger partial charge in [0, 0.05) is 20.1 Å². The van der Waals surface area contributed by atoms with Crippen LogP contribution in [-0.2, 0) is 9.53 Å². The highest BCUT2D eigenvalue weighted by atomic mass is 127. The van der Waals surface area contributed by atoms with Crippen LogP contribution < -0.4 is 0 Å². The molecule has 0 spiro atoms. The van der Waals surface area contributed by atoms with Gasteiger partial charge in [0.15, 0.2) is 0 Å². The molecule has 0 aromatic carbocycles. The smallest absolute Gasteiger partial charge is 0.142 e. The molecule has 3 heteroatoms. The second-order valence-electron chi connectivity index (χ2n) is 2.12. The maximum Gasteiger partial charge on any atom is 0.142 e. The zero-order chi connectivity index (χ0) is 7.82. The average Bonchev–Trinajstić information content (AvgIpc) is 1.98. The fraction of sp³-hybridized carbons (Fsp3) is 0.857. The number of hydrogen-bond donors (Lipinski definition) is 0. The molecule has 0 atom stereocenters. The molecule has 0 amide bonds. The van der Waals surface area contributed by atoms with Crippen molar-refractivity contribution in [3.8, 4) is 0 Å². The van der Waals surface area contributed by atoms with Crippen molar-refractivity contribution in [2.24, 2.45) is 0 Å². The van der Waals surface area contributed by atoms with Gasteiger partial charge in [-0.2, -0.15) is 0 Å². The maximum absolute atomic E-state index is 10.7. The maximum atomic E-state index is 10.7. The largest absolute Gasteiger partial charge is 0.385 e. The van der Waals surface area contributed by atoms with Crippen LogP contribution in [0, 0.1) is 0 Å². The molecule has 0 radical (unpaired) electrons. The number of halogens is 1. The summed E-state index contributed by atoms with van der Waals surface area (Å²) < 4.78 is 5.49. The number of ether oxygens (including phenoxy) is 1. The van der Waals surface area contributed by atoms with Crippen LogP contribution in [0.5, 0.6) is 0 Å². The fourth-order valence-electron chi connectivity index (χ4n) is 0.635. The molecule has 0 aromatic heterocycles. The summed E-state index contributed by atoms with van der Waals surface area (Å²) in [6, 6.07) is 0. The second-order valence-corrected chi connectivity index (χ2v) is 2.89. The molecule has 2 nitrogen and oxygen atoms in total. The standard InChI is InChI=1S/C7H13IO2/c1-10-5-3-2-4-7(9)6-8/h2-6H2,1H3. The predicted molar refractivity (Wildman–Crippen MR) is 49.6 cm³/mol. The third-order valence-corrected chi connectivity index (χ3v) is 2.05. The van der Waals surface area contributed by atoms with Crippen LogP contribution in [0.4, 0.5) is 0 Å². The Labute approximate surface area is 75.5 Å². The van der Waals surface area contributed by atoms with Crippen molar-refractivity contribution in [1.29, 1.82) is 0 Å². The molecule has 10 heavy (non-hydrogen) atoms. The van der Waals surface area contributed by atoms with Crippen LogP contribution in [-0.4, -0.2) is 23.9 Å². The Balaban J connectivity index is 2.96. The Bertz CT molecular complexity index is 93.6. The van der Waals surface area contributed by atoms with Crippen molar-refractivity contribution >= 4 is 28.4 Å². The van der Waals surface area contributed by atoms with E-state index in [-0.39, 0.29) is 0 Å². The predicted octanol–water partition coefficient (Wildman–Crippen LogP) is 1.81. The fourth-order valence-corrected chi connectivity index (χ4v) is 1.02. The number of carbonyl (C=O) groups excluding carboxylic acids is 1. The van der Waals surface area contributed by atoms with Crippen LogP contribution in [0.25, 0.3) is 0 Å². The van der Waals surface area contributed by atoms with Crippen molar-refractivity contribution in [3.63, 3.8) is 0 Å². The summed E-state index contributed by atoms with van der Waals surface area (Å²) in [5, 5.41) is 0. The Morgan fingerprint density at radius 1 is 1.50 bits per heavy atom. The van der Waals surface area contributed by atoms with Gasteiger partial charge in [0.05, 0.1) is 4.43 Å². The SMILES string of the molecule is COCCCCC(=O)CI. The minimum Gasteiger partial charge on any atom is -0.385 e. The summed E-state index contributed by atoms with van der Waals surface area (Å²) in [4.78, 5) is 10.7. The lowest BCUT2D eigenvalue weighted by atomic mass is 10.2. The van der Waals surface area contributed by atoms with Gasteiger partial charge < -0.3 is 4.74 Å². The van der Waals surface area contributed by atoms with Gasteiger partial charge in [0.2, 0.25) is 0 Å². The molecule has 0 N–H and O–H groups in total. The van der Waals surface area contributed by atoms with Crippen LogP contribution in [0.15, 0.2) is 0 Å². The summed E-state index contributed by atoms with van der Waals surface area (Å²) >= 11 is 2.09. The van der Waals surface area contributed by atoms with Crippen LogP contribution in [0.2, 0.25) is 0 Å². The number of rotatable bonds is 6. The monoisotopic (exact) mass is 256 g/mol. The number of methoxy groups -OCH3 is 1. The van der Waals surface area contributed by atoms with Gasteiger partial charge in [-0.3, -0.25) is 4.79 Å². The van der Waals surface area contributed by atoms with E-state index in [9.17, 15) is 4.79 Å². The molecule has 0 aliphatic carbocycles. The van der Waals surface area contributed by atoms with E-state index in [1.54, 1.807) is 7.11 Å². The van der Waals surface area contributed by atoms with E-state index in [0.717, 1.165) is 19.4 Å². The first kappa shape index (κ1) is 10.4. The van der Waals surface area contributed by atoms with Crippen molar-refractivity contribution in [3.05, 3.63) is 0 Å². The van der Waals surface area contributed by atoms with Crippen molar-refractivity contribution in [2.45, 2.75) is 19.3 Å². The topological polar surface area (TPSA) is 26.3 Å². The first-order valence-corrected chi connectivity index (χ1v) is 4.90. The lowest BCUT2D eigenvalue weighted by Crippen LogP contribution is -1.99. The molecule has 0 rings (SSSR count). The molecular weight excluding hydrogens is 243 g/mol. The highest BCUT2D eigenvalue weighted by Crippen LogP contribution is 1.98. The summed E-state index contributed by atoms with van der Waals surface area (Å²) in [6.07, 6.45) is 2.68. The van der Waals surface area contributed by atoms with Gasteiger partial charge in [-0.1, -0.05) is 22.6 Å². The zero-order valence-corrected chi connectivity index (χ0v) is 8.39. The van der Waals surface area contributed by atoms with E-state index in [0.29, 0.717) is 16.6 Å². The molecule has 0 saturated carbocycles. The molecule has 0 bridgehead atoms. The van der Waals surface area contributed by atoms with Crippen molar-refractivity contribution in [2.75, 3.05) is 18.1 Å². The minimum absolute atomic E-state index is 0.344. The van der Waals surface area contributed by atoms with E-state index < -0.39 is 0 Å². The highest BCUT2D eigenvalue weighted by molar-refractivity contribution is 14.1. The molecule has 0 aliphatic heterocycles. The number of alkyl halides is 1. The number of ketones is 1. The Morgan fingerprint density at radius 3 is 2.70 bits per heavy atom. The van der Waals surface area contributed by atoms with E-state index in [1.165, 1.54) is 0 Å². The minimum atomic E-state index is 0.344. The second kappa shape index (κ2) is 7.47. The molecule has 0 aliphatic rings. The summed E-state index contributed by atoms with van der Waals surface area (Å²) in [5.41, 5.74) is 0. The Hall–Kier alpha value is 0.360. The van der Waals surface area contributed by atoms with Gasteiger partial charge in [-0.05, 0) is 12.8 Å². The third-order valence-electron chi connectivity index (χ3n) is 1.20. The lowest BCUT2D eigenvalue weighted by Gasteiger charge is -1.96.